The number of fused-ring (bicyclic) bond motifs is 1. The van der Waals surface area contributed by atoms with E-state index < -0.39 is 5.54 Å². The minimum absolute atomic E-state index is 0.0959. The summed E-state index contributed by atoms with van der Waals surface area (Å²) in [6, 6.07) is 8.39. The van der Waals surface area contributed by atoms with E-state index in [1.165, 1.54) is 18.2 Å². The molecule has 4 nitrogen and oxygen atoms in total. The number of methoxy groups -OCH3 is 1. The molecular formula is C17H23NO3. The van der Waals surface area contributed by atoms with Gasteiger partial charge in [0.2, 0.25) is 0 Å². The normalized spacial score (nSPS) is 28.6. The van der Waals surface area contributed by atoms with Crippen molar-refractivity contribution >= 4 is 5.97 Å². The second-order valence-corrected chi connectivity index (χ2v) is 6.20. The van der Waals surface area contributed by atoms with Crippen molar-refractivity contribution in [1.82, 2.24) is 4.90 Å². The number of carbonyl (C=O) groups is 1. The molecule has 21 heavy (non-hydrogen) atoms. The first-order valence-electron chi connectivity index (χ1n) is 7.65. The number of nitrogens with zero attached hydrogens (tertiary/aromatic N) is 1. The maximum atomic E-state index is 12.2. The van der Waals surface area contributed by atoms with Gasteiger partial charge in [-0.1, -0.05) is 29.8 Å². The van der Waals surface area contributed by atoms with Gasteiger partial charge in [-0.05, 0) is 31.9 Å². The summed E-state index contributed by atoms with van der Waals surface area (Å²) in [6.45, 7) is 4.49. The molecule has 2 aliphatic heterocycles. The third-order valence-electron chi connectivity index (χ3n) is 4.78. The van der Waals surface area contributed by atoms with Crippen molar-refractivity contribution < 1.29 is 14.3 Å². The molecule has 0 aliphatic carbocycles. The Labute approximate surface area is 126 Å². The lowest BCUT2D eigenvalue weighted by Crippen LogP contribution is -2.46. The van der Waals surface area contributed by atoms with Gasteiger partial charge in [-0.25, -0.2) is 0 Å². The van der Waals surface area contributed by atoms with Crippen LogP contribution in [0, 0.1) is 6.92 Å². The molecule has 2 saturated heterocycles. The Morgan fingerprint density at radius 3 is 2.86 bits per heavy atom. The topological polar surface area (TPSA) is 38.8 Å². The molecule has 1 aromatic carbocycles. The first-order valence-corrected chi connectivity index (χ1v) is 7.65. The van der Waals surface area contributed by atoms with Crippen LogP contribution in [-0.2, 0) is 20.9 Å². The fourth-order valence-electron chi connectivity index (χ4n) is 3.63. The van der Waals surface area contributed by atoms with Crippen LogP contribution in [0.3, 0.4) is 0 Å². The maximum Gasteiger partial charge on any atom is 0.326 e. The molecule has 0 amide bonds. The number of hydrogen-bond donors (Lipinski definition) is 0. The molecule has 2 atom stereocenters. The fourth-order valence-corrected chi connectivity index (χ4v) is 3.63. The largest absolute Gasteiger partial charge is 0.468 e. The molecule has 2 heterocycles. The Kier molecular flexibility index (Phi) is 4.00. The van der Waals surface area contributed by atoms with Crippen LogP contribution in [0.5, 0.6) is 0 Å². The molecule has 2 aliphatic rings. The Morgan fingerprint density at radius 1 is 1.38 bits per heavy atom. The molecular weight excluding hydrogens is 266 g/mol. The smallest absolute Gasteiger partial charge is 0.326 e. The average Bonchev–Trinajstić information content (AvgIpc) is 3.03. The number of carbonyl (C=O) groups excluding carboxylic acids is 1. The third kappa shape index (κ3) is 2.70. The van der Waals surface area contributed by atoms with Gasteiger partial charge in [-0.2, -0.15) is 0 Å². The van der Waals surface area contributed by atoms with Crippen LogP contribution in [0.15, 0.2) is 24.3 Å². The van der Waals surface area contributed by atoms with Crippen LogP contribution < -0.4 is 0 Å². The lowest BCUT2D eigenvalue weighted by molar-refractivity contribution is -0.152. The quantitative estimate of drug-likeness (QED) is 0.797. The minimum atomic E-state index is -0.424. The second kappa shape index (κ2) is 5.78. The van der Waals surface area contributed by atoms with Crippen LogP contribution >= 0.6 is 0 Å². The average molecular weight is 289 g/mol. The van der Waals surface area contributed by atoms with Gasteiger partial charge in [0.15, 0.2) is 0 Å². The number of esters is 1. The zero-order valence-corrected chi connectivity index (χ0v) is 12.8. The molecule has 114 valence electrons. The van der Waals surface area contributed by atoms with Gasteiger partial charge in [-0.3, -0.25) is 9.69 Å². The molecule has 0 N–H and O–H groups in total. The number of aryl methyl sites for hydroxylation is 1. The third-order valence-corrected chi connectivity index (χ3v) is 4.78. The van der Waals surface area contributed by atoms with Crippen molar-refractivity contribution in [3.05, 3.63) is 35.4 Å². The monoisotopic (exact) mass is 289 g/mol. The summed E-state index contributed by atoms with van der Waals surface area (Å²) < 4.78 is 11.1. The van der Waals surface area contributed by atoms with Crippen molar-refractivity contribution in [1.29, 1.82) is 0 Å². The Morgan fingerprint density at radius 2 is 2.14 bits per heavy atom. The summed E-state index contributed by atoms with van der Waals surface area (Å²) in [5.41, 5.74) is 2.01. The summed E-state index contributed by atoms with van der Waals surface area (Å²) in [7, 11) is 1.48. The van der Waals surface area contributed by atoms with Gasteiger partial charge in [0.25, 0.3) is 0 Å². The predicted molar refractivity (Wildman–Crippen MR) is 79.9 cm³/mol. The van der Waals surface area contributed by atoms with Crippen LogP contribution in [0.2, 0.25) is 0 Å². The van der Waals surface area contributed by atoms with E-state index in [1.54, 1.807) is 0 Å². The minimum Gasteiger partial charge on any atom is -0.468 e. The standard InChI is InChI=1S/C17H23NO3/c1-13-4-6-14(7-5-13)12-21-15-10-17(16(19)20-2)8-3-9-18(17)11-15/h4-7,15H,3,8-12H2,1-2H3. The fraction of sp³-hybridized carbons (Fsp3) is 0.588. The molecule has 2 fully saturated rings. The van der Waals surface area contributed by atoms with Crippen LogP contribution in [0.4, 0.5) is 0 Å². The van der Waals surface area contributed by atoms with Gasteiger partial charge in [-0.15, -0.1) is 0 Å². The Hall–Kier alpha value is -1.39. The summed E-state index contributed by atoms with van der Waals surface area (Å²) in [4.78, 5) is 14.4. The van der Waals surface area contributed by atoms with E-state index in [0.29, 0.717) is 6.61 Å². The van der Waals surface area contributed by atoms with Crippen molar-refractivity contribution in [2.75, 3.05) is 20.2 Å². The lowest BCUT2D eigenvalue weighted by Gasteiger charge is -2.27. The Bertz CT molecular complexity index is 513. The summed E-state index contributed by atoms with van der Waals surface area (Å²) >= 11 is 0. The van der Waals surface area contributed by atoms with Gasteiger partial charge < -0.3 is 9.47 Å². The van der Waals surface area contributed by atoms with E-state index >= 15 is 0 Å². The highest BCUT2D eigenvalue weighted by Gasteiger charge is 2.54. The highest BCUT2D eigenvalue weighted by molar-refractivity contribution is 5.81. The van der Waals surface area contributed by atoms with Gasteiger partial charge >= 0.3 is 5.97 Å². The molecule has 4 heteroatoms. The number of hydrogen-bond acceptors (Lipinski definition) is 4. The van der Waals surface area contributed by atoms with Crippen molar-refractivity contribution in [3.63, 3.8) is 0 Å². The van der Waals surface area contributed by atoms with Crippen molar-refractivity contribution in [2.45, 2.75) is 44.4 Å². The van der Waals surface area contributed by atoms with Crippen LogP contribution in [0.25, 0.3) is 0 Å². The summed E-state index contributed by atoms with van der Waals surface area (Å²) in [5.74, 6) is -0.0959. The first kappa shape index (κ1) is 14.5. The highest BCUT2D eigenvalue weighted by atomic mass is 16.5. The zero-order chi connectivity index (χ0) is 14.9. The molecule has 3 rings (SSSR count). The lowest BCUT2D eigenvalue weighted by atomic mass is 9.93. The SMILES string of the molecule is COC(=O)C12CCCN1CC(OCc1ccc(C)cc1)C2. The molecule has 0 aromatic heterocycles. The molecule has 0 radical (unpaired) electrons. The predicted octanol–water partition coefficient (Wildman–Crippen LogP) is 2.29. The maximum absolute atomic E-state index is 12.2. The molecule has 0 bridgehead atoms. The van der Waals surface area contributed by atoms with Gasteiger partial charge in [0.05, 0.1) is 19.8 Å². The van der Waals surface area contributed by atoms with E-state index in [2.05, 4.69) is 36.1 Å². The zero-order valence-electron chi connectivity index (χ0n) is 12.8. The Balaban J connectivity index is 1.61. The van der Waals surface area contributed by atoms with Gasteiger partial charge in [0, 0.05) is 13.0 Å². The van der Waals surface area contributed by atoms with E-state index in [9.17, 15) is 4.79 Å². The van der Waals surface area contributed by atoms with E-state index in [0.717, 1.165) is 32.4 Å². The van der Waals surface area contributed by atoms with Crippen molar-refractivity contribution in [2.24, 2.45) is 0 Å². The molecule has 0 spiro atoms. The molecule has 2 unspecified atom stereocenters. The number of benzene rings is 1. The number of rotatable bonds is 4. The van der Waals surface area contributed by atoms with E-state index in [1.807, 2.05) is 0 Å². The van der Waals surface area contributed by atoms with Gasteiger partial charge in [0.1, 0.15) is 5.54 Å². The molecule has 1 aromatic rings. The van der Waals surface area contributed by atoms with Crippen LogP contribution in [0.1, 0.15) is 30.4 Å². The van der Waals surface area contributed by atoms with Crippen molar-refractivity contribution in [3.8, 4) is 0 Å². The second-order valence-electron chi connectivity index (χ2n) is 6.20. The first-order chi connectivity index (χ1) is 10.1. The summed E-state index contributed by atoms with van der Waals surface area (Å²) in [6.07, 6.45) is 2.83. The van der Waals surface area contributed by atoms with E-state index in [4.69, 9.17) is 9.47 Å². The summed E-state index contributed by atoms with van der Waals surface area (Å²) in [5, 5.41) is 0. The van der Waals surface area contributed by atoms with E-state index in [-0.39, 0.29) is 12.1 Å². The van der Waals surface area contributed by atoms with Crippen LogP contribution in [-0.4, -0.2) is 42.7 Å². The number of ether oxygens (including phenoxy) is 2. The molecule has 0 saturated carbocycles. The highest BCUT2D eigenvalue weighted by Crippen LogP contribution is 2.40.